The fourth-order valence-electron chi connectivity index (χ4n) is 13.2. The van der Waals surface area contributed by atoms with Gasteiger partial charge in [0.2, 0.25) is 20.5 Å². The third-order valence-corrected chi connectivity index (χ3v) is 24.4. The van der Waals surface area contributed by atoms with Crippen LogP contribution in [0.5, 0.6) is 11.5 Å². The lowest BCUT2D eigenvalue weighted by molar-refractivity contribution is 0.260. The molecule has 4 aromatic heterocycles. The minimum absolute atomic E-state index is 0.111. The molecule has 0 radical (unpaired) electrons. The SMILES string of the molecule is COc1cccc(CCN2CCN(c3nc(-c4cc(Cl)cc(Cl)c4)ns3)CC2)c1.COc1ccccc1CCN1CCN(c2nc(-c3ccc(Cl)cc3)ns2)CC1.Clc1ccc(-c2nsc(N3CCN(CCc4ccccc4Cl)CC3)n2)cc1.Fc1ccccc1CCN1CCN(c2nc(-c3ccc(Cl)cc3)ns2)CC1. The smallest absolute Gasteiger partial charge is 0.205 e. The number of anilines is 4. The molecule has 8 heterocycles. The second kappa shape index (κ2) is 40.9. The molecular formula is C82H85Cl6FN16O2S4. The van der Waals surface area contributed by atoms with Crippen LogP contribution in [-0.2, 0) is 25.7 Å². The van der Waals surface area contributed by atoms with Gasteiger partial charge in [-0.05, 0) is 169 Å². The van der Waals surface area contributed by atoms with Crippen molar-refractivity contribution < 1.29 is 13.9 Å². The van der Waals surface area contributed by atoms with Crippen molar-refractivity contribution >= 4 is 136 Å². The number of ether oxygens (including phenoxy) is 2. The Morgan fingerprint density at radius 2 is 0.676 bits per heavy atom. The number of halogens is 7. The van der Waals surface area contributed by atoms with E-state index in [1.807, 2.05) is 140 Å². The second-order valence-electron chi connectivity index (χ2n) is 26.9. The number of hydrogen-bond donors (Lipinski definition) is 0. The van der Waals surface area contributed by atoms with Crippen LogP contribution in [0.2, 0.25) is 30.1 Å². The van der Waals surface area contributed by atoms with Crippen LogP contribution in [0.4, 0.5) is 24.9 Å². The average Bonchev–Trinajstić information content (AvgIpc) is 1.72. The molecule has 0 N–H and O–H groups in total. The Hall–Kier alpha value is -7.69. The Kier molecular flexibility index (Phi) is 29.9. The first-order chi connectivity index (χ1) is 54.2. The minimum atomic E-state index is -0.111. The summed E-state index contributed by atoms with van der Waals surface area (Å²) in [6.45, 7) is 19.6. The van der Waals surface area contributed by atoms with Gasteiger partial charge < -0.3 is 29.1 Å². The Balaban J connectivity index is 0.000000130. The highest BCUT2D eigenvalue weighted by atomic mass is 35.5. The van der Waals surface area contributed by atoms with Crippen molar-refractivity contribution in [3.8, 4) is 57.1 Å². The van der Waals surface area contributed by atoms with Crippen molar-refractivity contribution in [2.45, 2.75) is 25.7 Å². The van der Waals surface area contributed by atoms with Crippen LogP contribution in [-0.4, -0.2) is 202 Å². The van der Waals surface area contributed by atoms with Crippen molar-refractivity contribution in [1.29, 1.82) is 0 Å². The van der Waals surface area contributed by atoms with Crippen LogP contribution >= 0.6 is 116 Å². The lowest BCUT2D eigenvalue weighted by Crippen LogP contribution is -2.47. The summed E-state index contributed by atoms with van der Waals surface area (Å²) in [5, 5.41) is 8.09. The van der Waals surface area contributed by atoms with E-state index in [1.165, 1.54) is 68.9 Å². The van der Waals surface area contributed by atoms with E-state index in [4.69, 9.17) is 94.0 Å². The molecule has 0 spiro atoms. The molecule has 4 saturated heterocycles. The third-order valence-electron chi connectivity index (χ3n) is 19.7. The number of hydrogen-bond acceptors (Lipinski definition) is 22. The highest BCUT2D eigenvalue weighted by molar-refractivity contribution is 7.10. The normalized spacial score (nSPS) is 15.1. The fraction of sp³-hybridized carbons (Fsp3) is 0.317. The number of benzene rings is 8. The Morgan fingerprint density at radius 3 is 1.07 bits per heavy atom. The van der Waals surface area contributed by atoms with Crippen molar-refractivity contribution in [3.05, 3.63) is 246 Å². The second-order valence-corrected chi connectivity index (χ2v) is 32.5. The maximum atomic E-state index is 13.7. The predicted molar refractivity (Wildman–Crippen MR) is 460 cm³/mol. The van der Waals surface area contributed by atoms with Gasteiger partial charge in [-0.15, -0.1) is 0 Å². The molecule has 4 fully saturated rings. The number of methoxy groups -OCH3 is 2. The standard InChI is InChI=1S/C21H22Cl2N4OS.C21H23ClN4OS.C20H20Cl2N4S.C20H20ClFN4S/c1-28-19-4-2-3-15(11-19)5-6-26-7-9-27(10-8-26)21-24-20(25-29-21)16-12-17(22)14-18(23)13-16;1-27-19-5-3-2-4-16(19)10-11-25-12-14-26(15-13-25)21-23-20(24-28-21)17-6-8-18(22)9-7-17;2*21-17-7-5-16(6-8-17)19-23-20(27-24-19)26-13-11-25(12-14-26)10-9-15-3-1-2-4-18(15)22/h2-4,11-14H,5-10H2,1H3;2-9H,10-15H2,1H3;2*1-8H,9-14H2. The molecule has 0 amide bonds. The summed E-state index contributed by atoms with van der Waals surface area (Å²) in [4.78, 5) is 37.9. The molecule has 12 aromatic rings. The Bertz CT molecular complexity index is 4710. The summed E-state index contributed by atoms with van der Waals surface area (Å²) in [6, 6.07) is 60.0. The number of nitrogens with zero attached hydrogens (tertiary/aromatic N) is 16. The zero-order chi connectivity index (χ0) is 76.8. The lowest BCUT2D eigenvalue weighted by Gasteiger charge is -2.34. The molecule has 111 heavy (non-hydrogen) atoms. The van der Waals surface area contributed by atoms with E-state index in [0.29, 0.717) is 20.9 Å². The first kappa shape index (κ1) is 81.3. The molecule has 4 aliphatic heterocycles. The van der Waals surface area contributed by atoms with Crippen molar-refractivity contribution in [2.75, 3.05) is 165 Å². The average molecular weight is 1690 g/mol. The van der Waals surface area contributed by atoms with E-state index in [1.54, 1.807) is 26.4 Å². The maximum Gasteiger partial charge on any atom is 0.205 e. The zero-order valence-electron chi connectivity index (χ0n) is 61.6. The Morgan fingerprint density at radius 1 is 0.324 bits per heavy atom. The largest absolute Gasteiger partial charge is 0.497 e. The van der Waals surface area contributed by atoms with Gasteiger partial charge in [0, 0.05) is 229 Å². The van der Waals surface area contributed by atoms with E-state index in [9.17, 15) is 4.39 Å². The number of rotatable bonds is 22. The number of aromatic nitrogens is 8. The summed E-state index contributed by atoms with van der Waals surface area (Å²) in [5.41, 5.74) is 8.41. The molecule has 8 aromatic carbocycles. The number of piperazine rings is 4. The van der Waals surface area contributed by atoms with Crippen LogP contribution < -0.4 is 29.1 Å². The monoisotopic (exact) mass is 1680 g/mol. The quantitative estimate of drug-likeness (QED) is 0.0633. The van der Waals surface area contributed by atoms with E-state index >= 15 is 0 Å². The van der Waals surface area contributed by atoms with Crippen LogP contribution in [0.3, 0.4) is 0 Å². The van der Waals surface area contributed by atoms with E-state index in [2.05, 4.69) is 92.0 Å². The molecule has 29 heteroatoms. The van der Waals surface area contributed by atoms with E-state index in [-0.39, 0.29) is 5.82 Å². The molecule has 0 unspecified atom stereocenters. The predicted octanol–water partition coefficient (Wildman–Crippen LogP) is 18.4. The zero-order valence-corrected chi connectivity index (χ0v) is 69.4. The summed E-state index contributed by atoms with van der Waals surface area (Å²) in [6.07, 6.45) is 3.75. The molecule has 16 rings (SSSR count). The Labute approximate surface area is 695 Å². The molecule has 0 aliphatic carbocycles. The topological polar surface area (TPSA) is 148 Å². The van der Waals surface area contributed by atoms with Crippen molar-refractivity contribution in [2.24, 2.45) is 0 Å². The van der Waals surface area contributed by atoms with E-state index in [0.717, 1.165) is 249 Å². The molecule has 0 bridgehead atoms. The lowest BCUT2D eigenvalue weighted by atomic mass is 10.1. The molecule has 4 aliphatic rings. The van der Waals surface area contributed by atoms with Gasteiger partial charge in [0.25, 0.3) is 0 Å². The molecule has 0 saturated carbocycles. The van der Waals surface area contributed by atoms with Crippen LogP contribution in [0, 0.1) is 5.82 Å². The highest BCUT2D eigenvalue weighted by Crippen LogP contribution is 2.33. The van der Waals surface area contributed by atoms with Gasteiger partial charge in [0.1, 0.15) is 17.3 Å². The molecule has 578 valence electrons. The maximum absolute atomic E-state index is 13.7. The molecule has 18 nitrogen and oxygen atoms in total. The van der Waals surface area contributed by atoms with Crippen molar-refractivity contribution in [1.82, 2.24) is 57.0 Å². The van der Waals surface area contributed by atoms with Gasteiger partial charge in [-0.3, -0.25) is 19.6 Å². The van der Waals surface area contributed by atoms with Gasteiger partial charge in [-0.25, -0.2) is 4.39 Å². The first-order valence-corrected chi connectivity index (χ1v) is 42.3. The highest BCUT2D eigenvalue weighted by Gasteiger charge is 2.26. The van der Waals surface area contributed by atoms with Gasteiger partial charge >= 0.3 is 0 Å². The fourth-order valence-corrected chi connectivity index (χ4v) is 17.3. The van der Waals surface area contributed by atoms with Crippen LogP contribution in [0.25, 0.3) is 45.6 Å². The number of para-hydroxylation sites is 1. The molecular weight excluding hydrogens is 1600 g/mol. The van der Waals surface area contributed by atoms with Gasteiger partial charge in [0.05, 0.1) is 14.2 Å². The molecule has 0 atom stereocenters. The minimum Gasteiger partial charge on any atom is -0.497 e. The van der Waals surface area contributed by atoms with Gasteiger partial charge in [0.15, 0.2) is 23.3 Å². The van der Waals surface area contributed by atoms with E-state index < -0.39 is 0 Å². The van der Waals surface area contributed by atoms with Crippen LogP contribution in [0.1, 0.15) is 22.3 Å². The first-order valence-electron chi connectivity index (χ1n) is 36.9. The summed E-state index contributed by atoms with van der Waals surface area (Å²) < 4.78 is 42.5. The summed E-state index contributed by atoms with van der Waals surface area (Å²) >= 11 is 42.1. The van der Waals surface area contributed by atoms with Crippen LogP contribution in [0.15, 0.2) is 188 Å². The summed E-state index contributed by atoms with van der Waals surface area (Å²) in [7, 11) is 3.44. The summed E-state index contributed by atoms with van der Waals surface area (Å²) in [5.74, 6) is 4.75. The third kappa shape index (κ3) is 23.5. The van der Waals surface area contributed by atoms with Gasteiger partial charge in [-0.2, -0.15) is 37.4 Å². The van der Waals surface area contributed by atoms with Gasteiger partial charge in [-0.1, -0.05) is 136 Å². The van der Waals surface area contributed by atoms with Crippen molar-refractivity contribution in [3.63, 3.8) is 0 Å².